The molecule has 8 nitrogen and oxygen atoms in total. The Hall–Kier alpha value is -3.60. The van der Waals surface area contributed by atoms with Crippen LogP contribution in [0.1, 0.15) is 24.0 Å². The van der Waals surface area contributed by atoms with Crippen molar-refractivity contribution in [1.29, 1.82) is 0 Å². The van der Waals surface area contributed by atoms with Crippen molar-refractivity contribution < 1.29 is 42.5 Å². The van der Waals surface area contributed by atoms with Crippen LogP contribution in [0.5, 0.6) is 0 Å². The highest BCUT2D eigenvalue weighted by atomic mass is 19.4. The van der Waals surface area contributed by atoms with E-state index in [9.17, 15) is 27.6 Å². The summed E-state index contributed by atoms with van der Waals surface area (Å²) in [5, 5.41) is 20.9. The van der Waals surface area contributed by atoms with Gasteiger partial charge in [0.1, 0.15) is 12.6 Å². The monoisotopic (exact) mass is 466 g/mol. The molecule has 0 bridgehead atoms. The molecule has 0 aromatic heterocycles. The lowest BCUT2D eigenvalue weighted by molar-refractivity contribution is -0.195. The van der Waals surface area contributed by atoms with E-state index in [1.807, 2.05) is 36.4 Å². The Labute approximate surface area is 186 Å². The largest absolute Gasteiger partial charge is 0.480 e. The van der Waals surface area contributed by atoms with Gasteiger partial charge >= 0.3 is 18.2 Å². The second-order valence-corrected chi connectivity index (χ2v) is 7.62. The van der Waals surface area contributed by atoms with Crippen LogP contribution in [0.3, 0.4) is 0 Å². The molecule has 0 spiro atoms. The van der Waals surface area contributed by atoms with Crippen molar-refractivity contribution in [2.24, 2.45) is 0 Å². The van der Waals surface area contributed by atoms with Gasteiger partial charge in [0.05, 0.1) is 6.61 Å². The predicted octanol–water partition coefficient (Wildman–Crippen LogP) is 2.41. The zero-order valence-corrected chi connectivity index (χ0v) is 17.3. The predicted molar refractivity (Wildman–Crippen MR) is 109 cm³/mol. The minimum atomic E-state index is -5.29. The molecule has 2 aromatic carbocycles. The number of alkyl carbamates (subject to hydrolysis) is 1. The van der Waals surface area contributed by atoms with Crippen LogP contribution < -0.4 is 10.6 Å². The van der Waals surface area contributed by atoms with Crippen molar-refractivity contribution in [3.8, 4) is 11.1 Å². The van der Waals surface area contributed by atoms with Crippen molar-refractivity contribution in [2.75, 3.05) is 13.2 Å². The maximum absolute atomic E-state index is 13.7. The number of carbonyl (C=O) groups is 3. The molecule has 1 aliphatic rings. The summed E-state index contributed by atoms with van der Waals surface area (Å²) >= 11 is 0. The summed E-state index contributed by atoms with van der Waals surface area (Å²) in [5.74, 6) is -4.01. The Kier molecular flexibility index (Phi) is 6.63. The zero-order valence-electron chi connectivity index (χ0n) is 17.3. The Morgan fingerprint density at radius 1 is 1.03 bits per heavy atom. The molecule has 176 valence electrons. The lowest BCUT2D eigenvalue weighted by Crippen LogP contribution is -2.67. The van der Waals surface area contributed by atoms with E-state index in [0.717, 1.165) is 22.3 Å². The molecule has 4 N–H and O–H groups in total. The number of nitrogens with one attached hydrogen (secondary N) is 2. The molecular formula is C22H21F3N2O6. The smallest absolute Gasteiger partial charge is 0.420 e. The van der Waals surface area contributed by atoms with Gasteiger partial charge in [-0.25, -0.2) is 9.59 Å². The summed E-state index contributed by atoms with van der Waals surface area (Å²) < 4.78 is 46.1. The first-order valence-corrected chi connectivity index (χ1v) is 9.84. The van der Waals surface area contributed by atoms with Gasteiger partial charge in [-0.3, -0.25) is 10.1 Å². The molecule has 0 saturated carbocycles. The molecule has 1 unspecified atom stereocenters. The summed E-state index contributed by atoms with van der Waals surface area (Å²) in [6.45, 7) is -1.05. The molecule has 33 heavy (non-hydrogen) atoms. The minimum Gasteiger partial charge on any atom is -0.480 e. The van der Waals surface area contributed by atoms with Crippen LogP contribution in [-0.4, -0.2) is 59.2 Å². The van der Waals surface area contributed by atoms with E-state index in [0.29, 0.717) is 6.92 Å². The molecule has 11 heteroatoms. The molecule has 0 saturated heterocycles. The number of rotatable bonds is 7. The fourth-order valence-corrected chi connectivity index (χ4v) is 3.58. The van der Waals surface area contributed by atoms with Crippen LogP contribution in [0.25, 0.3) is 11.1 Å². The zero-order chi connectivity index (χ0) is 24.4. The molecule has 2 amide bonds. The number of fused-ring (bicyclic) bond motifs is 3. The lowest BCUT2D eigenvalue weighted by atomic mass is 9.98. The van der Waals surface area contributed by atoms with Gasteiger partial charge in [-0.05, 0) is 29.2 Å². The molecule has 2 aromatic rings. The second kappa shape index (κ2) is 9.10. The first kappa shape index (κ1) is 24.1. The topological polar surface area (TPSA) is 125 Å². The van der Waals surface area contributed by atoms with Gasteiger partial charge in [0, 0.05) is 5.92 Å². The number of aliphatic carboxylic acids is 1. The van der Waals surface area contributed by atoms with E-state index < -0.39 is 48.3 Å². The van der Waals surface area contributed by atoms with Gasteiger partial charge in [-0.1, -0.05) is 48.5 Å². The quantitative estimate of drug-likeness (QED) is 0.497. The molecule has 1 aliphatic carbocycles. The summed E-state index contributed by atoms with van der Waals surface area (Å²) in [6, 6.07) is 12.7. The summed E-state index contributed by atoms with van der Waals surface area (Å²) in [4.78, 5) is 35.5. The molecule has 2 atom stereocenters. The number of carboxylic acid groups (broad SMARTS) is 1. The van der Waals surface area contributed by atoms with Crippen molar-refractivity contribution in [3.63, 3.8) is 0 Å². The van der Waals surface area contributed by atoms with E-state index in [4.69, 9.17) is 14.9 Å². The van der Waals surface area contributed by atoms with E-state index in [-0.39, 0.29) is 6.61 Å². The van der Waals surface area contributed by atoms with E-state index in [1.165, 1.54) is 5.32 Å². The van der Waals surface area contributed by atoms with Gasteiger partial charge in [-0.2, -0.15) is 13.2 Å². The number of benzene rings is 2. The van der Waals surface area contributed by atoms with E-state index in [1.54, 1.807) is 17.4 Å². The van der Waals surface area contributed by atoms with Gasteiger partial charge in [0.2, 0.25) is 5.54 Å². The summed E-state index contributed by atoms with van der Waals surface area (Å²) in [6.07, 6.45) is -6.80. The number of ether oxygens (including phenoxy) is 1. The second-order valence-electron chi connectivity index (χ2n) is 7.62. The van der Waals surface area contributed by atoms with Gasteiger partial charge in [-0.15, -0.1) is 0 Å². The highest BCUT2D eigenvalue weighted by Crippen LogP contribution is 2.44. The summed E-state index contributed by atoms with van der Waals surface area (Å²) in [5.41, 5.74) is 0.0270. The average molecular weight is 466 g/mol. The van der Waals surface area contributed by atoms with Crippen molar-refractivity contribution in [1.82, 2.24) is 10.6 Å². The third-order valence-corrected chi connectivity index (χ3v) is 5.50. The maximum atomic E-state index is 13.7. The summed E-state index contributed by atoms with van der Waals surface area (Å²) in [7, 11) is 0. The van der Waals surface area contributed by atoms with Crippen LogP contribution >= 0.6 is 0 Å². The first-order valence-electron chi connectivity index (χ1n) is 9.84. The van der Waals surface area contributed by atoms with Crippen molar-refractivity contribution in [2.45, 2.75) is 30.6 Å². The first-order chi connectivity index (χ1) is 15.5. The van der Waals surface area contributed by atoms with Gasteiger partial charge in [0.15, 0.2) is 0 Å². The van der Waals surface area contributed by atoms with Gasteiger partial charge < -0.3 is 20.3 Å². The molecule has 0 radical (unpaired) electrons. The van der Waals surface area contributed by atoms with Crippen LogP contribution in [0.15, 0.2) is 48.5 Å². The highest BCUT2D eigenvalue weighted by Gasteiger charge is 2.58. The highest BCUT2D eigenvalue weighted by molar-refractivity contribution is 5.93. The minimum absolute atomic E-state index is 0.288. The molecule has 0 heterocycles. The molecule has 3 rings (SSSR count). The number of halogens is 3. The number of alkyl halides is 3. The Bertz CT molecular complexity index is 1030. The van der Waals surface area contributed by atoms with E-state index >= 15 is 0 Å². The number of carbonyl (C=O) groups excluding carboxylic acids is 2. The van der Waals surface area contributed by atoms with Crippen molar-refractivity contribution >= 4 is 18.0 Å². The van der Waals surface area contributed by atoms with E-state index in [2.05, 4.69) is 0 Å². The third kappa shape index (κ3) is 4.63. The van der Waals surface area contributed by atoms with Crippen LogP contribution in [0, 0.1) is 0 Å². The standard InChI is InChI=1S/C22H21F3N2O6/c1-21(22(23,24)25,19(31)26-17(10-28)18(29)30)27-20(32)33-11-16-14-8-4-2-6-12(14)13-7-3-5-9-15(13)16/h2-9,16-17,28H,10-11H2,1H3,(H,26,31)(H,27,32)(H,29,30)/t17-,21?/m1/s1. The van der Waals surface area contributed by atoms with Crippen LogP contribution in [0.2, 0.25) is 0 Å². The van der Waals surface area contributed by atoms with Crippen LogP contribution in [0.4, 0.5) is 18.0 Å². The van der Waals surface area contributed by atoms with Crippen LogP contribution in [-0.2, 0) is 14.3 Å². The Morgan fingerprint density at radius 2 is 1.55 bits per heavy atom. The fraction of sp³-hybridized carbons (Fsp3) is 0.318. The number of amides is 2. The Morgan fingerprint density at radius 3 is 2.00 bits per heavy atom. The van der Waals surface area contributed by atoms with Crippen molar-refractivity contribution in [3.05, 3.63) is 59.7 Å². The molecule has 0 aliphatic heterocycles. The lowest BCUT2D eigenvalue weighted by Gasteiger charge is -2.32. The fourth-order valence-electron chi connectivity index (χ4n) is 3.58. The average Bonchev–Trinajstić information content (AvgIpc) is 3.08. The Balaban J connectivity index is 1.75. The number of hydrogen-bond acceptors (Lipinski definition) is 5. The number of hydrogen-bond donors (Lipinski definition) is 4. The normalized spacial score (nSPS) is 15.5. The van der Waals surface area contributed by atoms with Gasteiger partial charge in [0.25, 0.3) is 5.91 Å². The molecule has 0 fully saturated rings. The number of carboxylic acids is 1. The third-order valence-electron chi connectivity index (χ3n) is 5.50. The molecular weight excluding hydrogens is 445 g/mol. The maximum Gasteiger partial charge on any atom is 0.420 e. The number of aliphatic hydroxyl groups is 1. The SMILES string of the molecule is CC(NC(=O)OCC1c2ccccc2-c2ccccc21)(C(=O)N[C@H](CO)C(=O)O)C(F)(F)F. The number of aliphatic hydroxyl groups excluding tert-OH is 1.